The van der Waals surface area contributed by atoms with E-state index in [4.69, 9.17) is 5.73 Å². The van der Waals surface area contributed by atoms with E-state index in [0.717, 1.165) is 13.1 Å². The average Bonchev–Trinajstić information content (AvgIpc) is 2.68. The Morgan fingerprint density at radius 1 is 1.30 bits per heavy atom. The third-order valence-corrected chi connectivity index (χ3v) is 3.69. The predicted molar refractivity (Wildman–Crippen MR) is 78.7 cm³/mol. The van der Waals surface area contributed by atoms with E-state index in [-0.39, 0.29) is 17.7 Å². The van der Waals surface area contributed by atoms with Crippen molar-refractivity contribution in [3.63, 3.8) is 0 Å². The Bertz CT molecular complexity index is 488. The lowest BCUT2D eigenvalue weighted by atomic mass is 10.1. The summed E-state index contributed by atoms with van der Waals surface area (Å²) < 4.78 is 0. The van der Waals surface area contributed by atoms with Crippen LogP contribution in [0.25, 0.3) is 0 Å². The zero-order valence-electron chi connectivity index (χ0n) is 11.9. The standard InChI is InChI=1S/C15H21N3O2/c1-10-7-18(8-14(10)16)9-15(20)17-13-5-3-12(4-6-13)11(2)19/h3-6,10,14H,7-9,16H2,1-2H3,(H,17,20). The molecule has 1 aromatic carbocycles. The summed E-state index contributed by atoms with van der Waals surface area (Å²) in [5.74, 6) is 0.391. The van der Waals surface area contributed by atoms with Crippen molar-refractivity contribution >= 4 is 17.4 Å². The van der Waals surface area contributed by atoms with Crippen molar-refractivity contribution in [1.29, 1.82) is 0 Å². The van der Waals surface area contributed by atoms with Crippen LogP contribution in [0, 0.1) is 5.92 Å². The van der Waals surface area contributed by atoms with Crippen molar-refractivity contribution in [1.82, 2.24) is 4.90 Å². The summed E-state index contributed by atoms with van der Waals surface area (Å²) in [5.41, 5.74) is 7.28. The van der Waals surface area contributed by atoms with Crippen LogP contribution >= 0.6 is 0 Å². The lowest BCUT2D eigenvalue weighted by Crippen LogP contribution is -2.33. The maximum atomic E-state index is 11.9. The Kier molecular flexibility index (Phi) is 4.52. The van der Waals surface area contributed by atoms with Crippen molar-refractivity contribution in [3.8, 4) is 0 Å². The average molecular weight is 275 g/mol. The number of carbonyl (C=O) groups is 2. The molecule has 0 saturated carbocycles. The third-order valence-electron chi connectivity index (χ3n) is 3.69. The summed E-state index contributed by atoms with van der Waals surface area (Å²) in [7, 11) is 0. The van der Waals surface area contributed by atoms with Crippen LogP contribution in [0.5, 0.6) is 0 Å². The number of nitrogens with one attached hydrogen (secondary N) is 1. The summed E-state index contributed by atoms with van der Waals surface area (Å²) in [5, 5.41) is 2.83. The summed E-state index contributed by atoms with van der Waals surface area (Å²) in [6.07, 6.45) is 0. The van der Waals surface area contributed by atoms with Gasteiger partial charge >= 0.3 is 0 Å². The molecule has 2 atom stereocenters. The van der Waals surface area contributed by atoms with Gasteiger partial charge < -0.3 is 11.1 Å². The number of carbonyl (C=O) groups excluding carboxylic acids is 2. The summed E-state index contributed by atoms with van der Waals surface area (Å²) >= 11 is 0. The van der Waals surface area contributed by atoms with Gasteiger partial charge in [0.2, 0.25) is 5.91 Å². The molecule has 1 aromatic rings. The maximum absolute atomic E-state index is 11.9. The molecule has 2 unspecified atom stereocenters. The number of Topliss-reactive ketones (excluding diaryl/α,β-unsaturated/α-hetero) is 1. The summed E-state index contributed by atoms with van der Waals surface area (Å²) in [6.45, 7) is 5.59. The van der Waals surface area contributed by atoms with Gasteiger partial charge in [0.15, 0.2) is 5.78 Å². The van der Waals surface area contributed by atoms with Crippen molar-refractivity contribution in [2.75, 3.05) is 25.0 Å². The molecule has 0 aromatic heterocycles. The van der Waals surface area contributed by atoms with Crippen LogP contribution < -0.4 is 11.1 Å². The van der Waals surface area contributed by atoms with Crippen LogP contribution in [0.3, 0.4) is 0 Å². The van der Waals surface area contributed by atoms with E-state index in [0.29, 0.717) is 23.7 Å². The van der Waals surface area contributed by atoms with Crippen LogP contribution in [-0.2, 0) is 4.79 Å². The topological polar surface area (TPSA) is 75.4 Å². The van der Waals surface area contributed by atoms with E-state index in [9.17, 15) is 9.59 Å². The fraction of sp³-hybridized carbons (Fsp3) is 0.467. The molecule has 1 amide bonds. The monoisotopic (exact) mass is 275 g/mol. The lowest BCUT2D eigenvalue weighted by Gasteiger charge is -2.14. The minimum Gasteiger partial charge on any atom is -0.326 e. The van der Waals surface area contributed by atoms with E-state index >= 15 is 0 Å². The number of likely N-dealkylation sites (tertiary alicyclic amines) is 1. The van der Waals surface area contributed by atoms with E-state index in [1.165, 1.54) is 6.92 Å². The number of nitrogens with two attached hydrogens (primary N) is 1. The highest BCUT2D eigenvalue weighted by Crippen LogP contribution is 2.14. The molecule has 0 bridgehead atoms. The molecule has 1 saturated heterocycles. The predicted octanol–water partition coefficient (Wildman–Crippen LogP) is 1.11. The molecule has 2 rings (SSSR count). The molecule has 3 N–H and O–H groups in total. The molecule has 5 nitrogen and oxygen atoms in total. The lowest BCUT2D eigenvalue weighted by molar-refractivity contribution is -0.117. The minimum absolute atomic E-state index is 0.0166. The zero-order valence-corrected chi connectivity index (χ0v) is 11.9. The summed E-state index contributed by atoms with van der Waals surface area (Å²) in [6, 6.07) is 7.06. The Balaban J connectivity index is 1.87. The van der Waals surface area contributed by atoms with Gasteiger partial charge in [0.25, 0.3) is 0 Å². The second kappa shape index (κ2) is 6.15. The number of rotatable bonds is 4. The van der Waals surface area contributed by atoms with E-state index in [2.05, 4.69) is 17.1 Å². The zero-order chi connectivity index (χ0) is 14.7. The Labute approximate surface area is 119 Å². The van der Waals surface area contributed by atoms with E-state index in [1.54, 1.807) is 24.3 Å². The summed E-state index contributed by atoms with van der Waals surface area (Å²) in [4.78, 5) is 25.2. The smallest absolute Gasteiger partial charge is 0.238 e. The van der Waals surface area contributed by atoms with Crippen LogP contribution in [-0.4, -0.2) is 42.3 Å². The molecule has 5 heteroatoms. The van der Waals surface area contributed by atoms with Crippen LogP contribution in [0.15, 0.2) is 24.3 Å². The van der Waals surface area contributed by atoms with Gasteiger partial charge in [-0.3, -0.25) is 14.5 Å². The fourth-order valence-electron chi connectivity index (χ4n) is 2.42. The van der Waals surface area contributed by atoms with E-state index in [1.807, 2.05) is 0 Å². The number of anilines is 1. The molecular weight excluding hydrogens is 254 g/mol. The first-order valence-corrected chi connectivity index (χ1v) is 6.84. The van der Waals surface area contributed by atoms with Gasteiger partial charge in [-0.05, 0) is 37.1 Å². The van der Waals surface area contributed by atoms with Gasteiger partial charge in [-0.25, -0.2) is 0 Å². The quantitative estimate of drug-likeness (QED) is 0.807. The minimum atomic E-state index is -0.0538. The Morgan fingerprint density at radius 3 is 2.45 bits per heavy atom. The van der Waals surface area contributed by atoms with Crippen molar-refractivity contribution < 1.29 is 9.59 Å². The molecule has 0 aliphatic carbocycles. The normalized spacial score (nSPS) is 22.8. The molecule has 20 heavy (non-hydrogen) atoms. The SMILES string of the molecule is CC(=O)c1ccc(NC(=O)CN2CC(C)C(N)C2)cc1. The molecule has 1 aliphatic rings. The Hall–Kier alpha value is -1.72. The Morgan fingerprint density at radius 2 is 1.95 bits per heavy atom. The largest absolute Gasteiger partial charge is 0.326 e. The van der Waals surface area contributed by atoms with Gasteiger partial charge in [0.1, 0.15) is 0 Å². The van der Waals surface area contributed by atoms with Crippen molar-refractivity contribution in [3.05, 3.63) is 29.8 Å². The highest BCUT2D eigenvalue weighted by molar-refractivity contribution is 5.96. The molecule has 1 heterocycles. The number of ketones is 1. The molecular formula is C15H21N3O2. The second-order valence-corrected chi connectivity index (χ2v) is 5.52. The maximum Gasteiger partial charge on any atom is 0.238 e. The number of benzene rings is 1. The van der Waals surface area contributed by atoms with Crippen LogP contribution in [0.2, 0.25) is 0 Å². The van der Waals surface area contributed by atoms with Gasteiger partial charge in [0.05, 0.1) is 6.54 Å². The first-order valence-electron chi connectivity index (χ1n) is 6.84. The van der Waals surface area contributed by atoms with E-state index < -0.39 is 0 Å². The van der Waals surface area contributed by atoms with Gasteiger partial charge in [0, 0.05) is 30.4 Å². The van der Waals surface area contributed by atoms with Gasteiger partial charge in [-0.15, -0.1) is 0 Å². The van der Waals surface area contributed by atoms with Crippen molar-refractivity contribution in [2.45, 2.75) is 19.9 Å². The highest BCUT2D eigenvalue weighted by Gasteiger charge is 2.27. The third kappa shape index (κ3) is 3.65. The number of amides is 1. The van der Waals surface area contributed by atoms with Crippen molar-refractivity contribution in [2.24, 2.45) is 11.7 Å². The number of hydrogen-bond acceptors (Lipinski definition) is 4. The molecule has 1 aliphatic heterocycles. The first-order chi connectivity index (χ1) is 9.45. The van der Waals surface area contributed by atoms with Crippen LogP contribution in [0.1, 0.15) is 24.2 Å². The molecule has 0 spiro atoms. The second-order valence-electron chi connectivity index (χ2n) is 5.52. The number of nitrogens with zero attached hydrogens (tertiary/aromatic N) is 1. The van der Waals surface area contributed by atoms with Crippen LogP contribution in [0.4, 0.5) is 5.69 Å². The highest BCUT2D eigenvalue weighted by atomic mass is 16.2. The number of hydrogen-bond donors (Lipinski definition) is 2. The fourth-order valence-corrected chi connectivity index (χ4v) is 2.42. The first kappa shape index (κ1) is 14.7. The molecule has 0 radical (unpaired) electrons. The van der Waals surface area contributed by atoms with Gasteiger partial charge in [-0.1, -0.05) is 6.92 Å². The molecule has 108 valence electrons. The van der Waals surface area contributed by atoms with Gasteiger partial charge in [-0.2, -0.15) is 0 Å². The molecule has 1 fully saturated rings.